The molecular formula is C12H24N6O2S. The molecule has 0 unspecified atom stereocenters. The van der Waals surface area contributed by atoms with Gasteiger partial charge in [0.15, 0.2) is 0 Å². The van der Waals surface area contributed by atoms with E-state index in [0.717, 1.165) is 25.9 Å². The number of rotatable bonds is 8. The smallest absolute Gasteiger partial charge is 0.279 e. The number of hydrogen-bond acceptors (Lipinski definition) is 5. The summed E-state index contributed by atoms with van der Waals surface area (Å²) in [6.45, 7) is 5.53. The molecule has 9 heteroatoms. The maximum atomic E-state index is 12.2. The molecule has 0 aliphatic carbocycles. The zero-order valence-electron chi connectivity index (χ0n) is 12.4. The van der Waals surface area contributed by atoms with E-state index in [1.54, 1.807) is 0 Å². The van der Waals surface area contributed by atoms with Crippen molar-refractivity contribution >= 4 is 10.2 Å². The van der Waals surface area contributed by atoms with Crippen LogP contribution in [-0.2, 0) is 16.6 Å². The summed E-state index contributed by atoms with van der Waals surface area (Å²) < 4.78 is 28.5. The molecule has 0 amide bonds. The minimum Gasteiger partial charge on any atom is -0.317 e. The zero-order chi connectivity index (χ0) is 15.1. The Hall–Kier alpha value is -1.03. The molecule has 0 atom stereocenters. The highest BCUT2D eigenvalue weighted by atomic mass is 32.2. The number of piperidine rings is 1. The van der Waals surface area contributed by atoms with Crippen molar-refractivity contribution in [3.8, 4) is 0 Å². The first kappa shape index (κ1) is 16.3. The fourth-order valence-corrected chi connectivity index (χ4v) is 3.68. The summed E-state index contributed by atoms with van der Waals surface area (Å²) in [5.74, 6) is 1.26. The average Bonchev–Trinajstić information content (AvgIpc) is 2.98. The number of nitrogens with one attached hydrogen (secondary N) is 3. The Balaban J connectivity index is 1.73. The Morgan fingerprint density at radius 1 is 1.43 bits per heavy atom. The van der Waals surface area contributed by atoms with Gasteiger partial charge in [0.05, 0.1) is 0 Å². The van der Waals surface area contributed by atoms with Gasteiger partial charge in [0.1, 0.15) is 12.2 Å². The summed E-state index contributed by atoms with van der Waals surface area (Å²) in [7, 11) is -3.38. The molecule has 0 spiro atoms. The third-order valence-electron chi connectivity index (χ3n) is 3.71. The fourth-order valence-electron chi connectivity index (χ4n) is 2.44. The summed E-state index contributed by atoms with van der Waals surface area (Å²) in [6.07, 6.45) is 3.75. The lowest BCUT2D eigenvalue weighted by atomic mass is 9.98. The van der Waals surface area contributed by atoms with Crippen molar-refractivity contribution in [2.75, 3.05) is 32.7 Å². The van der Waals surface area contributed by atoms with Gasteiger partial charge in [-0.15, -0.1) is 0 Å². The molecule has 3 N–H and O–H groups in total. The average molecular weight is 316 g/mol. The Morgan fingerprint density at radius 3 is 2.81 bits per heavy atom. The van der Waals surface area contributed by atoms with Gasteiger partial charge in [0.25, 0.3) is 10.2 Å². The van der Waals surface area contributed by atoms with Crippen LogP contribution in [-0.4, -0.2) is 60.6 Å². The van der Waals surface area contributed by atoms with E-state index in [1.807, 2.05) is 0 Å². The maximum absolute atomic E-state index is 12.2. The van der Waals surface area contributed by atoms with Gasteiger partial charge in [-0.1, -0.05) is 6.92 Å². The van der Waals surface area contributed by atoms with Crippen LogP contribution in [0.25, 0.3) is 0 Å². The summed E-state index contributed by atoms with van der Waals surface area (Å²) >= 11 is 0. The molecule has 120 valence electrons. The van der Waals surface area contributed by atoms with Gasteiger partial charge < -0.3 is 5.32 Å². The minimum absolute atomic E-state index is 0.328. The second kappa shape index (κ2) is 7.83. The highest BCUT2D eigenvalue weighted by Crippen LogP contribution is 2.18. The van der Waals surface area contributed by atoms with E-state index < -0.39 is 10.2 Å². The number of H-pyrrole nitrogens is 1. The number of aromatic nitrogens is 3. The SMILES string of the molecule is CCNCC1CCN(S(=O)(=O)NCCc2ncn[nH]2)CC1. The normalized spacial score (nSPS) is 18.1. The molecule has 1 aromatic heterocycles. The van der Waals surface area contributed by atoms with E-state index in [9.17, 15) is 8.42 Å². The Labute approximate surface area is 125 Å². The van der Waals surface area contributed by atoms with Gasteiger partial charge in [0, 0.05) is 26.1 Å². The van der Waals surface area contributed by atoms with Crippen LogP contribution in [0.2, 0.25) is 0 Å². The monoisotopic (exact) mass is 316 g/mol. The molecular weight excluding hydrogens is 292 g/mol. The molecule has 1 aromatic rings. The summed E-state index contributed by atoms with van der Waals surface area (Å²) in [5, 5.41) is 9.76. The number of aromatic amines is 1. The maximum Gasteiger partial charge on any atom is 0.279 e. The molecule has 1 aliphatic rings. The first-order valence-corrected chi connectivity index (χ1v) is 8.85. The van der Waals surface area contributed by atoms with E-state index in [-0.39, 0.29) is 0 Å². The summed E-state index contributed by atoms with van der Waals surface area (Å²) in [6, 6.07) is 0. The van der Waals surface area contributed by atoms with Crippen molar-refractivity contribution in [1.82, 2.24) is 29.5 Å². The molecule has 2 heterocycles. The minimum atomic E-state index is -3.38. The van der Waals surface area contributed by atoms with Crippen LogP contribution >= 0.6 is 0 Å². The van der Waals surface area contributed by atoms with Crippen molar-refractivity contribution in [3.63, 3.8) is 0 Å². The van der Waals surface area contributed by atoms with Gasteiger partial charge in [-0.3, -0.25) is 5.10 Å². The molecule has 1 saturated heterocycles. The van der Waals surface area contributed by atoms with Crippen molar-refractivity contribution in [3.05, 3.63) is 12.2 Å². The Morgan fingerprint density at radius 2 is 2.19 bits per heavy atom. The predicted molar refractivity (Wildman–Crippen MR) is 79.8 cm³/mol. The second-order valence-corrected chi connectivity index (χ2v) is 6.99. The van der Waals surface area contributed by atoms with Crippen molar-refractivity contribution < 1.29 is 8.42 Å². The van der Waals surface area contributed by atoms with Crippen molar-refractivity contribution in [1.29, 1.82) is 0 Å². The van der Waals surface area contributed by atoms with E-state index in [2.05, 4.69) is 32.1 Å². The van der Waals surface area contributed by atoms with Crippen LogP contribution in [0.1, 0.15) is 25.6 Å². The van der Waals surface area contributed by atoms with Crippen LogP contribution in [0.15, 0.2) is 6.33 Å². The largest absolute Gasteiger partial charge is 0.317 e. The lowest BCUT2D eigenvalue weighted by molar-refractivity contribution is 0.266. The van der Waals surface area contributed by atoms with Crippen LogP contribution in [0.5, 0.6) is 0 Å². The second-order valence-electron chi connectivity index (χ2n) is 5.23. The molecule has 0 bridgehead atoms. The summed E-state index contributed by atoms with van der Waals surface area (Å²) in [5.41, 5.74) is 0. The summed E-state index contributed by atoms with van der Waals surface area (Å²) in [4.78, 5) is 3.96. The highest BCUT2D eigenvalue weighted by molar-refractivity contribution is 7.87. The van der Waals surface area contributed by atoms with Crippen LogP contribution in [0, 0.1) is 5.92 Å². The van der Waals surface area contributed by atoms with Crippen molar-refractivity contribution in [2.24, 2.45) is 5.92 Å². The molecule has 1 fully saturated rings. The molecule has 0 radical (unpaired) electrons. The van der Waals surface area contributed by atoms with E-state index in [4.69, 9.17) is 0 Å². The predicted octanol–water partition coefficient (Wildman–Crippen LogP) is -0.497. The molecule has 0 saturated carbocycles. The lowest BCUT2D eigenvalue weighted by Crippen LogP contribution is -2.46. The third-order valence-corrected chi connectivity index (χ3v) is 5.32. The number of nitrogens with zero attached hydrogens (tertiary/aromatic N) is 3. The Bertz CT molecular complexity index is 496. The molecule has 8 nitrogen and oxygen atoms in total. The molecule has 1 aliphatic heterocycles. The fraction of sp³-hybridized carbons (Fsp3) is 0.833. The molecule has 2 rings (SSSR count). The quantitative estimate of drug-likeness (QED) is 0.600. The van der Waals surface area contributed by atoms with Crippen LogP contribution in [0.3, 0.4) is 0 Å². The highest BCUT2D eigenvalue weighted by Gasteiger charge is 2.27. The first-order valence-electron chi connectivity index (χ1n) is 7.41. The standard InChI is InChI=1S/C12H24N6O2S/c1-2-13-9-11-4-7-18(8-5-11)21(19,20)16-6-3-12-14-10-15-17-12/h10-11,13,16H,2-9H2,1H3,(H,14,15,17). The lowest BCUT2D eigenvalue weighted by Gasteiger charge is -2.31. The van der Waals surface area contributed by atoms with E-state index >= 15 is 0 Å². The van der Waals surface area contributed by atoms with Gasteiger partial charge in [-0.2, -0.15) is 17.8 Å². The third kappa shape index (κ3) is 5.03. The van der Waals surface area contributed by atoms with Crippen molar-refractivity contribution in [2.45, 2.75) is 26.2 Å². The van der Waals surface area contributed by atoms with Crippen LogP contribution in [0.4, 0.5) is 0 Å². The van der Waals surface area contributed by atoms with Gasteiger partial charge in [-0.25, -0.2) is 9.71 Å². The Kier molecular flexibility index (Phi) is 6.09. The zero-order valence-corrected chi connectivity index (χ0v) is 13.2. The topological polar surface area (TPSA) is 103 Å². The van der Waals surface area contributed by atoms with E-state index in [0.29, 0.717) is 37.8 Å². The van der Waals surface area contributed by atoms with Gasteiger partial charge >= 0.3 is 0 Å². The van der Waals surface area contributed by atoms with Crippen LogP contribution < -0.4 is 10.0 Å². The van der Waals surface area contributed by atoms with E-state index in [1.165, 1.54) is 10.6 Å². The molecule has 0 aromatic carbocycles. The number of hydrogen-bond donors (Lipinski definition) is 3. The van der Waals surface area contributed by atoms with Gasteiger partial charge in [0.2, 0.25) is 0 Å². The first-order chi connectivity index (χ1) is 10.1. The van der Waals surface area contributed by atoms with Gasteiger partial charge in [-0.05, 0) is 31.8 Å². The molecule has 21 heavy (non-hydrogen) atoms.